The highest BCUT2D eigenvalue weighted by Crippen LogP contribution is 2.36. The number of aliphatic imine (C=N–C) groups is 1. The van der Waals surface area contributed by atoms with Crippen molar-refractivity contribution in [3.05, 3.63) is 46.9 Å². The number of anilines is 1. The van der Waals surface area contributed by atoms with Crippen molar-refractivity contribution in [3.63, 3.8) is 0 Å². The van der Waals surface area contributed by atoms with Crippen LogP contribution in [0.5, 0.6) is 0 Å². The molecular weight excluding hydrogens is 304 g/mol. The quantitative estimate of drug-likeness (QED) is 0.742. The fraction of sp³-hybridized carbons (Fsp3) is 0.389. The minimum absolute atomic E-state index is 0.307. The molecule has 2 heterocycles. The Morgan fingerprint density at radius 2 is 1.83 bits per heavy atom. The van der Waals surface area contributed by atoms with Crippen LogP contribution in [0.15, 0.2) is 51.9 Å². The molecule has 5 heteroatoms. The maximum absolute atomic E-state index is 4.69. The van der Waals surface area contributed by atoms with E-state index in [0.717, 1.165) is 30.2 Å². The van der Waals surface area contributed by atoms with E-state index >= 15 is 0 Å². The van der Waals surface area contributed by atoms with E-state index in [4.69, 9.17) is 0 Å². The molecule has 1 aromatic carbocycles. The van der Waals surface area contributed by atoms with Crippen molar-refractivity contribution >= 4 is 28.8 Å². The largest absolute Gasteiger partial charge is 0.368 e. The molecule has 0 aromatic heterocycles. The Bertz CT molecular complexity index is 615. The highest BCUT2D eigenvalue weighted by atomic mass is 32.2. The van der Waals surface area contributed by atoms with Gasteiger partial charge >= 0.3 is 0 Å². The molecule has 124 valence electrons. The van der Waals surface area contributed by atoms with Crippen LogP contribution in [0.2, 0.25) is 0 Å². The lowest BCUT2D eigenvalue weighted by molar-refractivity contribution is 0.718. The van der Waals surface area contributed by atoms with E-state index in [9.17, 15) is 0 Å². The number of rotatable bonds is 3. The summed E-state index contributed by atoms with van der Waals surface area (Å²) < 4.78 is 0. The summed E-state index contributed by atoms with van der Waals surface area (Å²) in [5.41, 5.74) is 4.44. The van der Waals surface area contributed by atoms with Gasteiger partial charge in [-0.1, -0.05) is 12.1 Å². The van der Waals surface area contributed by atoms with Gasteiger partial charge in [0.05, 0.1) is 16.7 Å². The predicted molar refractivity (Wildman–Crippen MR) is 104 cm³/mol. The molecule has 0 fully saturated rings. The summed E-state index contributed by atoms with van der Waals surface area (Å²) in [7, 11) is 3.88. The highest BCUT2D eigenvalue weighted by Gasteiger charge is 2.18. The van der Waals surface area contributed by atoms with Gasteiger partial charge in [0.15, 0.2) is 0 Å². The van der Waals surface area contributed by atoms with Gasteiger partial charge in [-0.2, -0.15) is 0 Å². The smallest absolute Gasteiger partial charge is 0.0962 e. The van der Waals surface area contributed by atoms with Crippen LogP contribution in [0.25, 0.3) is 0 Å². The summed E-state index contributed by atoms with van der Waals surface area (Å²) in [5.74, 6) is 0. The molecule has 0 amide bonds. The van der Waals surface area contributed by atoms with Crippen LogP contribution in [0.3, 0.4) is 0 Å². The number of hydrogen-bond acceptors (Lipinski definition) is 5. The van der Waals surface area contributed by atoms with Crippen molar-refractivity contribution in [2.24, 2.45) is 4.99 Å². The Morgan fingerprint density at radius 3 is 2.52 bits per heavy atom. The highest BCUT2D eigenvalue weighted by molar-refractivity contribution is 8.03. The van der Waals surface area contributed by atoms with Crippen molar-refractivity contribution in [2.75, 3.05) is 32.5 Å². The monoisotopic (exact) mass is 330 g/mol. The van der Waals surface area contributed by atoms with Gasteiger partial charge in [0.2, 0.25) is 0 Å². The molecule has 0 radical (unpaired) electrons. The molecule has 2 aliphatic heterocycles. The van der Waals surface area contributed by atoms with E-state index in [0.29, 0.717) is 5.37 Å². The van der Waals surface area contributed by atoms with Gasteiger partial charge in [-0.05, 0) is 62.7 Å². The summed E-state index contributed by atoms with van der Waals surface area (Å²) in [6.07, 6.45) is 4.45. The standard InChI is InChI=1S/C14H14N2S.C4H12N2/c1-9-7-11-8-14(17-9)16-13-6-4-3-5-12(13)15-10(11)2;1-5-3-4-6-2/h3-8,14,16H,1-2H3;5-6H,3-4H2,1-2H3. The van der Waals surface area contributed by atoms with Crippen molar-refractivity contribution in [1.82, 2.24) is 10.6 Å². The summed E-state index contributed by atoms with van der Waals surface area (Å²) >= 11 is 1.85. The normalized spacial score (nSPS) is 18.8. The van der Waals surface area contributed by atoms with E-state index in [1.54, 1.807) is 0 Å². The minimum atomic E-state index is 0.307. The molecule has 4 nitrogen and oxygen atoms in total. The molecule has 1 aromatic rings. The number of allylic oxidation sites excluding steroid dienone is 3. The Balaban J connectivity index is 0.000000277. The summed E-state index contributed by atoms with van der Waals surface area (Å²) in [5, 5.41) is 9.84. The first kappa shape index (κ1) is 17.8. The lowest BCUT2D eigenvalue weighted by Crippen LogP contribution is -2.21. The van der Waals surface area contributed by atoms with Gasteiger partial charge < -0.3 is 16.0 Å². The Hall–Kier alpha value is -1.56. The number of nitrogens with zero attached hydrogens (tertiary/aromatic N) is 1. The van der Waals surface area contributed by atoms with Crippen LogP contribution >= 0.6 is 11.8 Å². The summed E-state index contributed by atoms with van der Waals surface area (Å²) in [4.78, 5) is 6.01. The molecule has 0 spiro atoms. The fourth-order valence-corrected chi connectivity index (χ4v) is 3.33. The number of para-hydroxylation sites is 2. The number of nitrogens with one attached hydrogen (secondary N) is 3. The molecule has 1 unspecified atom stereocenters. The van der Waals surface area contributed by atoms with Crippen LogP contribution in [0.4, 0.5) is 11.4 Å². The van der Waals surface area contributed by atoms with Gasteiger partial charge in [0.25, 0.3) is 0 Å². The van der Waals surface area contributed by atoms with E-state index in [2.05, 4.69) is 59.1 Å². The number of hydrogen-bond donors (Lipinski definition) is 3. The molecule has 0 saturated carbocycles. The molecule has 3 rings (SSSR count). The van der Waals surface area contributed by atoms with E-state index in [1.807, 2.05) is 38.0 Å². The van der Waals surface area contributed by atoms with Crippen LogP contribution < -0.4 is 16.0 Å². The topological polar surface area (TPSA) is 48.5 Å². The molecule has 2 bridgehead atoms. The Morgan fingerprint density at radius 1 is 1.13 bits per heavy atom. The SMILES string of the molecule is CC1=CC2=CC(Nc3ccccc3N=C2C)S1.CNCCNC. The molecule has 0 saturated heterocycles. The van der Waals surface area contributed by atoms with Gasteiger partial charge in [-0.25, -0.2) is 0 Å². The van der Waals surface area contributed by atoms with Crippen LogP contribution in [0.1, 0.15) is 13.8 Å². The zero-order valence-corrected chi connectivity index (χ0v) is 15.1. The number of thioether (sulfide) groups is 1. The Kier molecular flexibility index (Phi) is 6.89. The van der Waals surface area contributed by atoms with Crippen molar-refractivity contribution in [3.8, 4) is 0 Å². The average molecular weight is 331 g/mol. The first-order valence-corrected chi connectivity index (χ1v) is 8.79. The molecular formula is C18H26N4S. The second-order valence-corrected chi connectivity index (χ2v) is 6.87. The summed E-state index contributed by atoms with van der Waals surface area (Å²) in [6, 6.07) is 8.20. The van der Waals surface area contributed by atoms with Crippen LogP contribution in [-0.4, -0.2) is 38.3 Å². The zero-order valence-electron chi connectivity index (χ0n) is 14.3. The van der Waals surface area contributed by atoms with Gasteiger partial charge in [0.1, 0.15) is 0 Å². The Labute approximate surface area is 143 Å². The van der Waals surface area contributed by atoms with E-state index in [-0.39, 0.29) is 0 Å². The van der Waals surface area contributed by atoms with Crippen LogP contribution in [0, 0.1) is 0 Å². The van der Waals surface area contributed by atoms with E-state index < -0.39 is 0 Å². The summed E-state index contributed by atoms with van der Waals surface area (Å²) in [6.45, 7) is 6.32. The first-order chi connectivity index (χ1) is 11.1. The number of likely N-dealkylation sites (N-methyl/N-ethyl adjacent to an activating group) is 2. The average Bonchev–Trinajstić information content (AvgIpc) is 2.54. The third-order valence-electron chi connectivity index (χ3n) is 3.54. The van der Waals surface area contributed by atoms with Crippen molar-refractivity contribution in [1.29, 1.82) is 0 Å². The molecule has 2 aliphatic rings. The third kappa shape index (κ3) is 5.23. The molecule has 0 aliphatic carbocycles. The second-order valence-electron chi connectivity index (χ2n) is 5.48. The number of fused-ring (bicyclic) bond motifs is 2. The van der Waals surface area contributed by atoms with Gasteiger partial charge in [-0.3, -0.25) is 4.99 Å². The third-order valence-corrected chi connectivity index (χ3v) is 4.53. The van der Waals surface area contributed by atoms with Gasteiger partial charge in [-0.15, -0.1) is 11.8 Å². The fourth-order valence-electron chi connectivity index (χ4n) is 2.34. The lowest BCUT2D eigenvalue weighted by Gasteiger charge is -2.24. The lowest BCUT2D eigenvalue weighted by atomic mass is 10.1. The van der Waals surface area contributed by atoms with E-state index in [1.165, 1.54) is 10.5 Å². The van der Waals surface area contributed by atoms with Gasteiger partial charge in [0, 0.05) is 18.8 Å². The molecule has 1 atom stereocenters. The maximum atomic E-state index is 4.69. The van der Waals surface area contributed by atoms with Crippen molar-refractivity contribution < 1.29 is 0 Å². The first-order valence-electron chi connectivity index (χ1n) is 7.91. The van der Waals surface area contributed by atoms with Crippen LogP contribution in [-0.2, 0) is 0 Å². The zero-order chi connectivity index (χ0) is 16.7. The predicted octanol–water partition coefficient (Wildman–Crippen LogP) is 3.53. The molecule has 23 heavy (non-hydrogen) atoms. The number of benzene rings is 1. The van der Waals surface area contributed by atoms with Crippen molar-refractivity contribution in [2.45, 2.75) is 19.2 Å². The maximum Gasteiger partial charge on any atom is 0.0962 e. The minimum Gasteiger partial charge on any atom is -0.368 e. The molecule has 3 N–H and O–H groups in total. The second kappa shape index (κ2) is 8.91.